The van der Waals surface area contributed by atoms with Crippen molar-refractivity contribution < 1.29 is 18.3 Å². The van der Waals surface area contributed by atoms with Crippen molar-refractivity contribution in [3.63, 3.8) is 0 Å². The molecular weight excluding hydrogens is 490 g/mol. The van der Waals surface area contributed by atoms with Crippen LogP contribution in [0.3, 0.4) is 0 Å². The molecule has 1 atom stereocenters. The topological polar surface area (TPSA) is 77.6 Å². The molecule has 1 N–H and O–H groups in total. The monoisotopic (exact) mass is 520 g/mol. The number of carbonyl (C=O) groups is 1. The lowest BCUT2D eigenvalue weighted by molar-refractivity contribution is -0.134. The number of H-pyrrole nitrogens is 1. The van der Waals surface area contributed by atoms with Crippen LogP contribution in [0.15, 0.2) is 48.9 Å². The average Bonchev–Trinajstić information content (AvgIpc) is 3.42. The number of fused-ring (bicyclic) bond motifs is 3. The zero-order chi connectivity index (χ0) is 26.1. The molecule has 2 saturated heterocycles. The third kappa shape index (κ3) is 5.00. The third-order valence-electron chi connectivity index (χ3n) is 7.58. The van der Waals surface area contributed by atoms with E-state index in [0.717, 1.165) is 79.3 Å². The highest BCUT2D eigenvalue weighted by Gasteiger charge is 2.27. The highest BCUT2D eigenvalue weighted by molar-refractivity contribution is 6.10. The summed E-state index contributed by atoms with van der Waals surface area (Å²) in [6.45, 7) is 5.23. The highest BCUT2D eigenvalue weighted by Crippen LogP contribution is 2.31. The van der Waals surface area contributed by atoms with Crippen LogP contribution in [0.2, 0.25) is 0 Å². The van der Waals surface area contributed by atoms with E-state index in [9.17, 15) is 13.6 Å². The zero-order valence-electron chi connectivity index (χ0n) is 21.1. The van der Waals surface area contributed by atoms with E-state index in [1.807, 2.05) is 23.4 Å². The Labute approximate surface area is 219 Å². The van der Waals surface area contributed by atoms with Crippen LogP contribution >= 0.6 is 0 Å². The molecule has 0 spiro atoms. The fraction of sp³-hybridized carbons (Fsp3) is 0.393. The molecule has 38 heavy (non-hydrogen) atoms. The summed E-state index contributed by atoms with van der Waals surface area (Å²) in [6.07, 6.45) is 7.33. The van der Waals surface area contributed by atoms with Crippen LogP contribution in [-0.2, 0) is 4.79 Å². The maximum atomic E-state index is 13.9. The highest BCUT2D eigenvalue weighted by atomic mass is 19.1. The molecule has 0 saturated carbocycles. The normalized spacial score (nSPS) is 18.8. The van der Waals surface area contributed by atoms with Crippen molar-refractivity contribution in [1.29, 1.82) is 0 Å². The number of pyridine rings is 2. The number of hydrogen-bond donors (Lipinski definition) is 1. The molecule has 8 nitrogen and oxygen atoms in total. The number of hydrogen-bond acceptors (Lipinski definition) is 6. The van der Waals surface area contributed by atoms with Crippen molar-refractivity contribution in [2.75, 3.05) is 57.3 Å². The van der Waals surface area contributed by atoms with Crippen LogP contribution in [0, 0.1) is 17.6 Å². The Morgan fingerprint density at radius 2 is 1.95 bits per heavy atom. The molecule has 0 bridgehead atoms. The lowest BCUT2D eigenvalue weighted by Gasteiger charge is -2.38. The number of aromatic nitrogens is 3. The van der Waals surface area contributed by atoms with E-state index in [1.54, 1.807) is 6.20 Å². The second kappa shape index (κ2) is 10.5. The molecule has 6 rings (SSSR count). The molecule has 10 heteroatoms. The number of rotatable bonds is 6. The molecule has 0 radical (unpaired) electrons. The summed E-state index contributed by atoms with van der Waals surface area (Å²) >= 11 is 0. The SMILES string of the molecule is O=C(CN1CCN(c2ccnc3cnc4[nH]ccc4c23)CC1)N1CCCC(COc2ccc(F)cc2F)C1. The van der Waals surface area contributed by atoms with Crippen molar-refractivity contribution in [3.8, 4) is 5.75 Å². The Morgan fingerprint density at radius 1 is 1.08 bits per heavy atom. The van der Waals surface area contributed by atoms with Crippen molar-refractivity contribution in [2.45, 2.75) is 12.8 Å². The summed E-state index contributed by atoms with van der Waals surface area (Å²) in [5, 5.41) is 2.17. The first-order chi connectivity index (χ1) is 18.5. The first-order valence-electron chi connectivity index (χ1n) is 13.1. The lowest BCUT2D eigenvalue weighted by Crippen LogP contribution is -2.51. The van der Waals surface area contributed by atoms with Gasteiger partial charge in [-0.1, -0.05) is 0 Å². The molecule has 2 aliphatic heterocycles. The van der Waals surface area contributed by atoms with Crippen LogP contribution < -0.4 is 9.64 Å². The van der Waals surface area contributed by atoms with Gasteiger partial charge >= 0.3 is 0 Å². The van der Waals surface area contributed by atoms with Gasteiger partial charge in [0.2, 0.25) is 5.91 Å². The molecule has 1 aromatic carbocycles. The van der Waals surface area contributed by atoms with Gasteiger partial charge in [0, 0.05) is 80.1 Å². The maximum absolute atomic E-state index is 13.9. The Morgan fingerprint density at radius 3 is 2.79 bits per heavy atom. The molecule has 0 aliphatic carbocycles. The van der Waals surface area contributed by atoms with Crippen molar-refractivity contribution in [3.05, 3.63) is 60.6 Å². The van der Waals surface area contributed by atoms with Gasteiger partial charge in [-0.25, -0.2) is 13.8 Å². The predicted octanol–water partition coefficient (Wildman–Crippen LogP) is 3.83. The van der Waals surface area contributed by atoms with E-state index in [2.05, 4.69) is 30.8 Å². The summed E-state index contributed by atoms with van der Waals surface area (Å²) in [4.78, 5) is 31.8. The van der Waals surface area contributed by atoms with Crippen LogP contribution in [0.5, 0.6) is 5.75 Å². The second-order valence-corrected chi connectivity index (χ2v) is 10.1. The van der Waals surface area contributed by atoms with E-state index in [1.165, 1.54) is 12.1 Å². The van der Waals surface area contributed by atoms with Gasteiger partial charge in [0.1, 0.15) is 11.5 Å². The lowest BCUT2D eigenvalue weighted by atomic mass is 9.99. The quantitative estimate of drug-likeness (QED) is 0.417. The summed E-state index contributed by atoms with van der Waals surface area (Å²) in [5.41, 5.74) is 2.87. The van der Waals surface area contributed by atoms with Gasteiger partial charge in [0.05, 0.1) is 24.9 Å². The van der Waals surface area contributed by atoms with Crippen molar-refractivity contribution in [2.24, 2.45) is 5.92 Å². The van der Waals surface area contributed by atoms with E-state index >= 15 is 0 Å². The molecule has 1 amide bonds. The Kier molecular flexibility index (Phi) is 6.80. The number of aromatic amines is 1. The van der Waals surface area contributed by atoms with Crippen LogP contribution in [0.4, 0.5) is 14.5 Å². The number of ether oxygens (including phenoxy) is 1. The number of nitrogens with one attached hydrogen (secondary N) is 1. The fourth-order valence-corrected chi connectivity index (χ4v) is 5.57. The van der Waals surface area contributed by atoms with Gasteiger partial charge < -0.3 is 19.5 Å². The number of carbonyl (C=O) groups excluding carboxylic acids is 1. The number of benzene rings is 1. The zero-order valence-corrected chi connectivity index (χ0v) is 21.1. The number of piperidine rings is 1. The molecule has 4 aromatic rings. The number of likely N-dealkylation sites (tertiary alicyclic amines) is 1. The Hall–Kier alpha value is -3.79. The summed E-state index contributed by atoms with van der Waals surface area (Å²) in [6, 6.07) is 7.41. The van der Waals surface area contributed by atoms with Gasteiger partial charge in [-0.15, -0.1) is 0 Å². The van der Waals surface area contributed by atoms with Crippen LogP contribution in [-0.4, -0.2) is 83.1 Å². The number of amides is 1. The fourth-order valence-electron chi connectivity index (χ4n) is 5.57. The molecule has 2 aliphatic rings. The van der Waals surface area contributed by atoms with Crippen LogP contribution in [0.1, 0.15) is 12.8 Å². The number of nitrogens with zero attached hydrogens (tertiary/aromatic N) is 5. The van der Waals surface area contributed by atoms with Gasteiger partial charge in [-0.05, 0) is 37.1 Å². The van der Waals surface area contributed by atoms with Crippen molar-refractivity contribution >= 4 is 33.5 Å². The van der Waals surface area contributed by atoms with Gasteiger partial charge in [-0.3, -0.25) is 14.7 Å². The molecular formula is C28H30F2N6O2. The molecule has 198 valence electrons. The number of anilines is 1. The summed E-state index contributed by atoms with van der Waals surface area (Å²) < 4.78 is 32.6. The van der Waals surface area contributed by atoms with Crippen LogP contribution in [0.25, 0.3) is 21.9 Å². The second-order valence-electron chi connectivity index (χ2n) is 10.1. The maximum Gasteiger partial charge on any atom is 0.236 e. The van der Waals surface area contributed by atoms with Crippen molar-refractivity contribution in [1.82, 2.24) is 24.8 Å². The van der Waals surface area contributed by atoms with Gasteiger partial charge in [0.25, 0.3) is 0 Å². The minimum Gasteiger partial charge on any atom is -0.490 e. The van der Waals surface area contributed by atoms with E-state index in [4.69, 9.17) is 4.74 Å². The number of piperazine rings is 1. The standard InChI is InChI=1S/C28H30F2N6O2/c29-20-3-4-25(22(30)14-20)38-18-19-2-1-9-36(16-19)26(37)17-34-10-12-35(13-11-34)24-6-8-31-23-15-33-28-21(27(23)24)5-7-32-28/h3-8,14-15,19H,1-2,9-13,16-18H2,(H,32,33). The van der Waals surface area contributed by atoms with Gasteiger partial charge in [0.15, 0.2) is 11.6 Å². The average molecular weight is 521 g/mol. The minimum atomic E-state index is -0.707. The smallest absolute Gasteiger partial charge is 0.236 e. The van der Waals surface area contributed by atoms with E-state index in [0.29, 0.717) is 19.7 Å². The number of halogens is 2. The van der Waals surface area contributed by atoms with E-state index < -0.39 is 11.6 Å². The minimum absolute atomic E-state index is 0.0446. The predicted molar refractivity (Wildman–Crippen MR) is 141 cm³/mol. The largest absolute Gasteiger partial charge is 0.490 e. The summed E-state index contributed by atoms with van der Waals surface area (Å²) in [7, 11) is 0. The molecule has 5 heterocycles. The molecule has 2 fully saturated rings. The van der Waals surface area contributed by atoms with Gasteiger partial charge in [-0.2, -0.15) is 0 Å². The molecule has 1 unspecified atom stereocenters. The first-order valence-corrected chi connectivity index (χ1v) is 13.1. The summed E-state index contributed by atoms with van der Waals surface area (Å²) in [5.74, 6) is -1.06. The van der Waals surface area contributed by atoms with E-state index in [-0.39, 0.29) is 17.6 Å². The Bertz CT molecular complexity index is 1450. The third-order valence-corrected chi connectivity index (χ3v) is 7.58. The first kappa shape index (κ1) is 24.5. The Balaban J connectivity index is 1.03. The molecule has 3 aromatic heterocycles.